The highest BCUT2D eigenvalue weighted by molar-refractivity contribution is 7.22. The van der Waals surface area contributed by atoms with E-state index < -0.39 is 0 Å². The molecule has 21 heavy (non-hydrogen) atoms. The number of nitriles is 1. The van der Waals surface area contributed by atoms with Crippen molar-refractivity contribution in [1.29, 1.82) is 5.26 Å². The van der Waals surface area contributed by atoms with E-state index >= 15 is 0 Å². The van der Waals surface area contributed by atoms with Crippen LogP contribution in [0.15, 0.2) is 36.4 Å². The number of anilines is 2. The van der Waals surface area contributed by atoms with E-state index in [0.29, 0.717) is 5.56 Å². The molecular formula is C16H13N3OS. The molecule has 0 amide bonds. The van der Waals surface area contributed by atoms with E-state index in [1.807, 2.05) is 43.3 Å². The Hall–Kier alpha value is -2.58. The quantitative estimate of drug-likeness (QED) is 0.785. The van der Waals surface area contributed by atoms with Crippen LogP contribution < -0.4 is 10.1 Å². The molecule has 0 saturated heterocycles. The van der Waals surface area contributed by atoms with E-state index in [-0.39, 0.29) is 0 Å². The second-order valence-electron chi connectivity index (χ2n) is 4.62. The molecule has 0 radical (unpaired) electrons. The average molecular weight is 295 g/mol. The van der Waals surface area contributed by atoms with Crippen LogP contribution in [0, 0.1) is 18.3 Å². The van der Waals surface area contributed by atoms with Crippen molar-refractivity contribution in [3.05, 3.63) is 47.5 Å². The summed E-state index contributed by atoms with van der Waals surface area (Å²) < 4.78 is 6.29. The van der Waals surface area contributed by atoms with Crippen LogP contribution >= 0.6 is 11.3 Å². The summed E-state index contributed by atoms with van der Waals surface area (Å²) in [5, 5.41) is 13.1. The lowest BCUT2D eigenvalue weighted by Gasteiger charge is -2.04. The zero-order chi connectivity index (χ0) is 14.8. The van der Waals surface area contributed by atoms with Crippen molar-refractivity contribution in [1.82, 2.24) is 4.98 Å². The molecule has 2 aromatic carbocycles. The Kier molecular flexibility index (Phi) is 3.46. The molecule has 0 aliphatic rings. The van der Waals surface area contributed by atoms with E-state index in [9.17, 15) is 0 Å². The Labute approximate surface area is 126 Å². The van der Waals surface area contributed by atoms with Gasteiger partial charge < -0.3 is 10.1 Å². The molecule has 1 N–H and O–H groups in total. The lowest BCUT2D eigenvalue weighted by atomic mass is 10.1. The van der Waals surface area contributed by atoms with Crippen molar-refractivity contribution in [2.45, 2.75) is 6.92 Å². The molecule has 0 spiro atoms. The molecular weight excluding hydrogens is 282 g/mol. The van der Waals surface area contributed by atoms with Gasteiger partial charge in [0.05, 0.1) is 29.0 Å². The molecule has 104 valence electrons. The summed E-state index contributed by atoms with van der Waals surface area (Å²) in [7, 11) is 1.65. The number of methoxy groups -OCH3 is 1. The van der Waals surface area contributed by atoms with Gasteiger partial charge in [0.1, 0.15) is 5.75 Å². The largest absolute Gasteiger partial charge is 0.497 e. The Balaban J connectivity index is 1.91. The van der Waals surface area contributed by atoms with Crippen molar-refractivity contribution in [2.24, 2.45) is 0 Å². The third-order valence-corrected chi connectivity index (χ3v) is 4.13. The van der Waals surface area contributed by atoms with Crippen LogP contribution in [0.5, 0.6) is 5.75 Å². The monoisotopic (exact) mass is 295 g/mol. The SMILES string of the molecule is COc1ccc2nc(Nc3ccc(C#N)c(C)c3)sc2c1. The van der Waals surface area contributed by atoms with Gasteiger partial charge in [0.25, 0.3) is 0 Å². The molecule has 1 heterocycles. The summed E-state index contributed by atoms with van der Waals surface area (Å²) in [6.07, 6.45) is 0. The minimum absolute atomic E-state index is 0.689. The van der Waals surface area contributed by atoms with Gasteiger partial charge >= 0.3 is 0 Å². The first-order valence-electron chi connectivity index (χ1n) is 6.42. The van der Waals surface area contributed by atoms with Crippen molar-refractivity contribution in [3.8, 4) is 11.8 Å². The molecule has 1 aromatic heterocycles. The Morgan fingerprint density at radius 2 is 2.10 bits per heavy atom. The first kappa shape index (κ1) is 13.4. The van der Waals surface area contributed by atoms with Gasteiger partial charge in [-0.25, -0.2) is 4.98 Å². The van der Waals surface area contributed by atoms with Crippen LogP contribution in [0.4, 0.5) is 10.8 Å². The molecule has 0 aliphatic heterocycles. The number of thiazole rings is 1. The van der Waals surface area contributed by atoms with Gasteiger partial charge in [-0.3, -0.25) is 0 Å². The lowest BCUT2D eigenvalue weighted by molar-refractivity contribution is 0.415. The highest BCUT2D eigenvalue weighted by atomic mass is 32.1. The predicted molar refractivity (Wildman–Crippen MR) is 85.3 cm³/mol. The van der Waals surface area contributed by atoms with E-state index in [0.717, 1.165) is 32.3 Å². The second-order valence-corrected chi connectivity index (χ2v) is 5.65. The Bertz CT molecular complexity index is 848. The Morgan fingerprint density at radius 1 is 1.24 bits per heavy atom. The maximum atomic E-state index is 8.95. The number of benzene rings is 2. The van der Waals surface area contributed by atoms with E-state index in [1.165, 1.54) is 0 Å². The van der Waals surface area contributed by atoms with Crippen molar-refractivity contribution in [3.63, 3.8) is 0 Å². The zero-order valence-electron chi connectivity index (χ0n) is 11.7. The summed E-state index contributed by atoms with van der Waals surface area (Å²) in [5.41, 5.74) is 3.51. The number of rotatable bonds is 3. The number of aryl methyl sites for hydroxylation is 1. The average Bonchev–Trinajstić information content (AvgIpc) is 2.88. The summed E-state index contributed by atoms with van der Waals surface area (Å²) >= 11 is 1.57. The number of nitrogens with one attached hydrogen (secondary N) is 1. The molecule has 0 bridgehead atoms. The predicted octanol–water partition coefficient (Wildman–Crippen LogP) is 4.23. The Morgan fingerprint density at radius 3 is 2.81 bits per heavy atom. The van der Waals surface area contributed by atoms with Gasteiger partial charge in [-0.1, -0.05) is 11.3 Å². The molecule has 0 fully saturated rings. The molecule has 0 atom stereocenters. The van der Waals surface area contributed by atoms with E-state index in [1.54, 1.807) is 18.4 Å². The summed E-state index contributed by atoms with van der Waals surface area (Å²) in [5.74, 6) is 0.826. The summed E-state index contributed by atoms with van der Waals surface area (Å²) in [6.45, 7) is 1.92. The highest BCUT2D eigenvalue weighted by Crippen LogP contribution is 2.31. The van der Waals surface area contributed by atoms with Crippen LogP contribution in [0.2, 0.25) is 0 Å². The minimum atomic E-state index is 0.689. The third-order valence-electron chi connectivity index (χ3n) is 3.19. The molecule has 3 rings (SSSR count). The van der Waals surface area contributed by atoms with Gasteiger partial charge in [0.2, 0.25) is 0 Å². The van der Waals surface area contributed by atoms with Crippen LogP contribution in [0.25, 0.3) is 10.2 Å². The summed E-state index contributed by atoms with van der Waals surface area (Å²) in [6, 6.07) is 13.6. The molecule has 4 nitrogen and oxygen atoms in total. The van der Waals surface area contributed by atoms with E-state index in [2.05, 4.69) is 16.4 Å². The first-order chi connectivity index (χ1) is 10.2. The smallest absolute Gasteiger partial charge is 0.188 e. The van der Waals surface area contributed by atoms with Gasteiger partial charge in [0.15, 0.2) is 5.13 Å². The highest BCUT2D eigenvalue weighted by Gasteiger charge is 2.06. The minimum Gasteiger partial charge on any atom is -0.497 e. The van der Waals surface area contributed by atoms with Crippen LogP contribution in [-0.4, -0.2) is 12.1 Å². The number of fused-ring (bicyclic) bond motifs is 1. The van der Waals surface area contributed by atoms with Gasteiger partial charge in [-0.15, -0.1) is 0 Å². The van der Waals surface area contributed by atoms with Crippen molar-refractivity contribution < 1.29 is 4.74 Å². The van der Waals surface area contributed by atoms with Gasteiger partial charge in [-0.2, -0.15) is 5.26 Å². The number of hydrogen-bond donors (Lipinski definition) is 1. The number of aromatic nitrogens is 1. The molecule has 3 aromatic rings. The zero-order valence-corrected chi connectivity index (χ0v) is 12.5. The third kappa shape index (κ3) is 2.67. The molecule has 0 unspecified atom stereocenters. The fraction of sp³-hybridized carbons (Fsp3) is 0.125. The maximum Gasteiger partial charge on any atom is 0.188 e. The van der Waals surface area contributed by atoms with Crippen LogP contribution in [0.3, 0.4) is 0 Å². The van der Waals surface area contributed by atoms with Crippen LogP contribution in [-0.2, 0) is 0 Å². The van der Waals surface area contributed by atoms with Crippen LogP contribution in [0.1, 0.15) is 11.1 Å². The standard InChI is InChI=1S/C16H13N3OS/c1-10-7-12(4-3-11(10)9-17)18-16-19-14-6-5-13(20-2)8-15(14)21-16/h3-8H,1-2H3,(H,18,19). The number of ether oxygens (including phenoxy) is 1. The topological polar surface area (TPSA) is 57.9 Å². The molecule has 0 aliphatic carbocycles. The fourth-order valence-corrected chi connectivity index (χ4v) is 2.99. The molecule has 0 saturated carbocycles. The first-order valence-corrected chi connectivity index (χ1v) is 7.23. The van der Waals surface area contributed by atoms with Gasteiger partial charge in [0, 0.05) is 5.69 Å². The number of hydrogen-bond acceptors (Lipinski definition) is 5. The van der Waals surface area contributed by atoms with Crippen molar-refractivity contribution in [2.75, 3.05) is 12.4 Å². The second kappa shape index (κ2) is 5.43. The maximum absolute atomic E-state index is 8.95. The fourth-order valence-electron chi connectivity index (χ4n) is 2.08. The normalized spacial score (nSPS) is 10.3. The lowest BCUT2D eigenvalue weighted by Crippen LogP contribution is -1.91. The molecule has 5 heteroatoms. The number of nitrogens with zero attached hydrogens (tertiary/aromatic N) is 2. The van der Waals surface area contributed by atoms with E-state index in [4.69, 9.17) is 10.00 Å². The summed E-state index contributed by atoms with van der Waals surface area (Å²) in [4.78, 5) is 4.54. The van der Waals surface area contributed by atoms with Gasteiger partial charge in [-0.05, 0) is 48.9 Å². The van der Waals surface area contributed by atoms with Crippen molar-refractivity contribution >= 4 is 32.4 Å².